The normalized spacial score (nSPS) is 11.2. The minimum atomic E-state index is -0.237. The molecule has 0 atom stereocenters. The van der Waals surface area contributed by atoms with E-state index in [2.05, 4.69) is 126 Å². The number of anilines is 3. The van der Waals surface area contributed by atoms with Gasteiger partial charge in [0, 0.05) is 33.5 Å². The van der Waals surface area contributed by atoms with Gasteiger partial charge in [-0.15, -0.1) is 0 Å². The molecule has 0 amide bonds. The summed E-state index contributed by atoms with van der Waals surface area (Å²) < 4.78 is 15.9. The van der Waals surface area contributed by atoms with E-state index >= 15 is 0 Å². The molecule has 0 aliphatic rings. The van der Waals surface area contributed by atoms with Crippen molar-refractivity contribution in [1.82, 2.24) is 4.57 Å². The Labute approximate surface area is 233 Å². The lowest BCUT2D eigenvalue weighted by atomic mass is 10.0. The van der Waals surface area contributed by atoms with Gasteiger partial charge in [0.15, 0.2) is 0 Å². The maximum atomic E-state index is 13.7. The lowest BCUT2D eigenvalue weighted by Gasteiger charge is -2.26. The standard InChI is InChI=1S/C37H27FN2/c1-26-11-13-27(14-12-26)28-15-19-31(20-16-28)39(30-7-3-2-4-8-30)33-23-24-37-35(25-33)34-9-5-6-10-36(34)40(37)32-21-17-29(38)18-22-32/h2-25H,1H3. The highest BCUT2D eigenvalue weighted by molar-refractivity contribution is 6.10. The van der Waals surface area contributed by atoms with Gasteiger partial charge in [0.2, 0.25) is 0 Å². The largest absolute Gasteiger partial charge is 0.310 e. The first-order valence-electron chi connectivity index (χ1n) is 13.5. The average Bonchev–Trinajstić information content (AvgIpc) is 3.33. The zero-order valence-electron chi connectivity index (χ0n) is 22.1. The second-order valence-electron chi connectivity index (χ2n) is 10.1. The SMILES string of the molecule is Cc1ccc(-c2ccc(N(c3ccccc3)c3ccc4c(c3)c3ccccc3n4-c3ccc(F)cc3)cc2)cc1. The minimum Gasteiger partial charge on any atom is -0.310 e. The van der Waals surface area contributed by atoms with Gasteiger partial charge < -0.3 is 9.47 Å². The van der Waals surface area contributed by atoms with Gasteiger partial charge in [-0.3, -0.25) is 0 Å². The smallest absolute Gasteiger partial charge is 0.123 e. The molecule has 0 spiro atoms. The Bertz CT molecular complexity index is 1940. The molecular formula is C37H27FN2. The molecule has 7 aromatic rings. The van der Waals surface area contributed by atoms with E-state index in [-0.39, 0.29) is 5.82 Å². The third-order valence-electron chi connectivity index (χ3n) is 7.52. The number of hydrogen-bond acceptors (Lipinski definition) is 1. The summed E-state index contributed by atoms with van der Waals surface area (Å²) in [6, 6.07) is 49.6. The molecular weight excluding hydrogens is 491 g/mol. The second-order valence-corrected chi connectivity index (χ2v) is 10.1. The van der Waals surface area contributed by atoms with Gasteiger partial charge in [-0.2, -0.15) is 0 Å². The van der Waals surface area contributed by atoms with Crippen molar-refractivity contribution in [2.45, 2.75) is 6.92 Å². The lowest BCUT2D eigenvalue weighted by Crippen LogP contribution is -2.09. The second kappa shape index (κ2) is 9.87. The van der Waals surface area contributed by atoms with Crippen LogP contribution >= 0.6 is 0 Å². The van der Waals surface area contributed by atoms with E-state index in [9.17, 15) is 4.39 Å². The van der Waals surface area contributed by atoms with Gasteiger partial charge in [0.25, 0.3) is 0 Å². The summed E-state index contributed by atoms with van der Waals surface area (Å²) in [5.41, 5.74) is 10.0. The molecule has 0 aliphatic carbocycles. The van der Waals surface area contributed by atoms with E-state index in [4.69, 9.17) is 0 Å². The van der Waals surface area contributed by atoms with Gasteiger partial charge in [0.1, 0.15) is 5.82 Å². The molecule has 3 heteroatoms. The van der Waals surface area contributed by atoms with Crippen LogP contribution in [0.4, 0.5) is 21.5 Å². The number of para-hydroxylation sites is 2. The molecule has 0 fully saturated rings. The Hall–Kier alpha value is -5.15. The number of nitrogens with zero attached hydrogens (tertiary/aromatic N) is 2. The molecule has 2 nitrogen and oxygen atoms in total. The summed E-state index contributed by atoms with van der Waals surface area (Å²) >= 11 is 0. The van der Waals surface area contributed by atoms with Crippen LogP contribution in [0.15, 0.2) is 146 Å². The molecule has 192 valence electrons. The number of benzene rings is 6. The fraction of sp³-hybridized carbons (Fsp3) is 0.0270. The third-order valence-corrected chi connectivity index (χ3v) is 7.52. The van der Waals surface area contributed by atoms with Crippen molar-refractivity contribution < 1.29 is 4.39 Å². The Morgan fingerprint density at radius 3 is 1.80 bits per heavy atom. The molecule has 0 bridgehead atoms. The molecule has 0 saturated carbocycles. The van der Waals surface area contributed by atoms with Crippen LogP contribution in [-0.4, -0.2) is 4.57 Å². The van der Waals surface area contributed by atoms with Crippen molar-refractivity contribution >= 4 is 38.9 Å². The number of aromatic nitrogens is 1. The molecule has 0 saturated heterocycles. The first kappa shape index (κ1) is 23.9. The van der Waals surface area contributed by atoms with E-state index in [1.165, 1.54) is 28.8 Å². The summed E-state index contributed by atoms with van der Waals surface area (Å²) in [5, 5.41) is 2.31. The zero-order chi connectivity index (χ0) is 27.1. The highest BCUT2D eigenvalue weighted by Gasteiger charge is 2.17. The molecule has 0 unspecified atom stereocenters. The van der Waals surface area contributed by atoms with E-state index in [0.29, 0.717) is 0 Å². The summed E-state index contributed by atoms with van der Waals surface area (Å²) in [7, 11) is 0. The van der Waals surface area contributed by atoms with E-state index < -0.39 is 0 Å². The average molecular weight is 519 g/mol. The first-order chi connectivity index (χ1) is 19.7. The van der Waals surface area contributed by atoms with Gasteiger partial charge >= 0.3 is 0 Å². The third kappa shape index (κ3) is 4.22. The van der Waals surface area contributed by atoms with E-state index in [1.54, 1.807) is 0 Å². The Morgan fingerprint density at radius 2 is 1.07 bits per heavy atom. The van der Waals surface area contributed by atoms with Crippen LogP contribution in [0.5, 0.6) is 0 Å². The van der Waals surface area contributed by atoms with Gasteiger partial charge in [-0.25, -0.2) is 4.39 Å². The number of halogens is 1. The summed E-state index contributed by atoms with van der Waals surface area (Å²) in [4.78, 5) is 2.29. The molecule has 0 N–H and O–H groups in total. The van der Waals surface area contributed by atoms with Crippen LogP contribution in [0, 0.1) is 12.7 Å². The summed E-state index contributed by atoms with van der Waals surface area (Å²) in [6.45, 7) is 2.11. The molecule has 7 rings (SSSR count). The molecule has 1 aromatic heterocycles. The van der Waals surface area contributed by atoms with Gasteiger partial charge in [0.05, 0.1) is 11.0 Å². The van der Waals surface area contributed by atoms with Crippen LogP contribution in [-0.2, 0) is 0 Å². The molecule has 1 heterocycles. The molecule has 6 aromatic carbocycles. The number of rotatable bonds is 5. The maximum Gasteiger partial charge on any atom is 0.123 e. The van der Waals surface area contributed by atoms with Crippen LogP contribution in [0.25, 0.3) is 38.6 Å². The quantitative estimate of drug-likeness (QED) is 0.220. The van der Waals surface area contributed by atoms with Crippen LogP contribution < -0.4 is 4.90 Å². The number of aryl methyl sites for hydroxylation is 1. The van der Waals surface area contributed by atoms with Crippen LogP contribution in [0.3, 0.4) is 0 Å². The van der Waals surface area contributed by atoms with Crippen molar-refractivity contribution in [2.24, 2.45) is 0 Å². The Balaban J connectivity index is 1.39. The van der Waals surface area contributed by atoms with Crippen molar-refractivity contribution in [3.8, 4) is 16.8 Å². The topological polar surface area (TPSA) is 8.17 Å². The van der Waals surface area contributed by atoms with Crippen molar-refractivity contribution in [3.05, 3.63) is 157 Å². The molecule has 0 radical (unpaired) electrons. The van der Waals surface area contributed by atoms with E-state index in [1.807, 2.05) is 24.3 Å². The summed E-state index contributed by atoms with van der Waals surface area (Å²) in [6.07, 6.45) is 0. The van der Waals surface area contributed by atoms with Crippen LogP contribution in [0.1, 0.15) is 5.56 Å². The number of fused-ring (bicyclic) bond motifs is 3. The maximum absolute atomic E-state index is 13.7. The monoisotopic (exact) mass is 518 g/mol. The predicted molar refractivity (Wildman–Crippen MR) is 166 cm³/mol. The lowest BCUT2D eigenvalue weighted by molar-refractivity contribution is 0.627. The highest BCUT2D eigenvalue weighted by atomic mass is 19.1. The molecule has 40 heavy (non-hydrogen) atoms. The molecule has 0 aliphatic heterocycles. The number of hydrogen-bond donors (Lipinski definition) is 0. The first-order valence-corrected chi connectivity index (χ1v) is 13.5. The van der Waals surface area contributed by atoms with E-state index in [0.717, 1.165) is 44.6 Å². The van der Waals surface area contributed by atoms with Crippen LogP contribution in [0.2, 0.25) is 0 Å². The Morgan fingerprint density at radius 1 is 0.500 bits per heavy atom. The minimum absolute atomic E-state index is 0.237. The highest BCUT2D eigenvalue weighted by Crippen LogP contribution is 2.40. The summed E-state index contributed by atoms with van der Waals surface area (Å²) in [5.74, 6) is -0.237. The van der Waals surface area contributed by atoms with Crippen molar-refractivity contribution in [2.75, 3.05) is 4.90 Å². The van der Waals surface area contributed by atoms with Gasteiger partial charge in [-0.05, 0) is 90.8 Å². The van der Waals surface area contributed by atoms with Gasteiger partial charge in [-0.1, -0.05) is 78.4 Å². The zero-order valence-corrected chi connectivity index (χ0v) is 22.1. The fourth-order valence-electron chi connectivity index (χ4n) is 5.54. The predicted octanol–water partition coefficient (Wildman–Crippen LogP) is 10.4. The van der Waals surface area contributed by atoms with Crippen molar-refractivity contribution in [1.29, 1.82) is 0 Å². The Kier molecular flexibility index (Phi) is 5.90. The fourth-order valence-corrected chi connectivity index (χ4v) is 5.54. The van der Waals surface area contributed by atoms with Crippen molar-refractivity contribution in [3.63, 3.8) is 0 Å².